The fraction of sp³-hybridized carbons (Fsp3) is 0.846. The Bertz CT molecular complexity index is 324. The minimum atomic E-state index is -0.848. The molecule has 5 nitrogen and oxygen atoms in total. The van der Waals surface area contributed by atoms with E-state index in [9.17, 15) is 9.59 Å². The van der Waals surface area contributed by atoms with E-state index in [0.29, 0.717) is 6.54 Å². The van der Waals surface area contributed by atoms with Gasteiger partial charge in [-0.2, -0.15) is 0 Å². The topological polar surface area (TPSA) is 69.6 Å². The summed E-state index contributed by atoms with van der Waals surface area (Å²) in [6, 6.07) is 0.362. The molecule has 0 aromatic carbocycles. The second-order valence-electron chi connectivity index (χ2n) is 5.60. The number of amides is 2. The highest BCUT2D eigenvalue weighted by atomic mass is 16.4. The first-order valence-corrected chi connectivity index (χ1v) is 6.85. The molecule has 0 aromatic heterocycles. The van der Waals surface area contributed by atoms with Crippen LogP contribution in [0.1, 0.15) is 45.4 Å². The molecule has 2 N–H and O–H groups in total. The summed E-state index contributed by atoms with van der Waals surface area (Å²) in [5.41, 5.74) is 0. The third kappa shape index (κ3) is 4.20. The van der Waals surface area contributed by atoms with Crippen LogP contribution in [0.25, 0.3) is 0 Å². The van der Waals surface area contributed by atoms with Gasteiger partial charge in [-0.1, -0.05) is 12.8 Å². The first kappa shape index (κ1) is 13.2. The Balaban J connectivity index is 1.76. The summed E-state index contributed by atoms with van der Waals surface area (Å²) < 4.78 is 0. The van der Waals surface area contributed by atoms with Crippen LogP contribution in [0.3, 0.4) is 0 Å². The molecule has 2 aliphatic carbocycles. The number of rotatable bonds is 7. The zero-order valence-corrected chi connectivity index (χ0v) is 10.9. The van der Waals surface area contributed by atoms with E-state index in [2.05, 4.69) is 5.32 Å². The second kappa shape index (κ2) is 5.59. The predicted octanol–water partition coefficient (Wildman–Crippen LogP) is 1.82. The average Bonchev–Trinajstić information content (AvgIpc) is 3.10. The quantitative estimate of drug-likeness (QED) is 0.728. The Morgan fingerprint density at radius 2 is 2.00 bits per heavy atom. The molecular formula is C13H22N2O3. The van der Waals surface area contributed by atoms with E-state index < -0.39 is 5.97 Å². The fourth-order valence-electron chi connectivity index (χ4n) is 2.26. The molecule has 102 valence electrons. The average molecular weight is 254 g/mol. The van der Waals surface area contributed by atoms with Crippen molar-refractivity contribution in [2.24, 2.45) is 5.92 Å². The fourth-order valence-corrected chi connectivity index (χ4v) is 2.26. The number of aliphatic carboxylic acids is 1. The lowest BCUT2D eigenvalue weighted by Crippen LogP contribution is -2.45. The Hall–Kier alpha value is -1.26. The van der Waals surface area contributed by atoms with Crippen LogP contribution in [0, 0.1) is 5.92 Å². The summed E-state index contributed by atoms with van der Waals surface area (Å²) in [7, 11) is 0. The number of carboxylic acid groups (broad SMARTS) is 1. The number of nitrogens with one attached hydrogen (secondary N) is 1. The summed E-state index contributed by atoms with van der Waals surface area (Å²) >= 11 is 0. The van der Waals surface area contributed by atoms with Crippen molar-refractivity contribution < 1.29 is 14.7 Å². The van der Waals surface area contributed by atoms with Crippen LogP contribution in [0.15, 0.2) is 0 Å². The first-order valence-electron chi connectivity index (χ1n) is 6.85. The maximum absolute atomic E-state index is 12.1. The van der Waals surface area contributed by atoms with Crippen LogP contribution in [0.2, 0.25) is 0 Å². The molecule has 0 heterocycles. The number of carbonyl (C=O) groups excluding carboxylic acids is 1. The van der Waals surface area contributed by atoms with Gasteiger partial charge in [0.25, 0.3) is 0 Å². The van der Waals surface area contributed by atoms with Crippen LogP contribution in [-0.2, 0) is 4.79 Å². The van der Waals surface area contributed by atoms with E-state index in [1.165, 1.54) is 12.8 Å². The molecule has 0 aromatic rings. The first-order chi connectivity index (χ1) is 8.56. The van der Waals surface area contributed by atoms with Crippen LogP contribution in [-0.4, -0.2) is 40.6 Å². The molecule has 2 amide bonds. The van der Waals surface area contributed by atoms with Gasteiger partial charge in [-0.15, -0.1) is 0 Å². The van der Waals surface area contributed by atoms with E-state index in [-0.39, 0.29) is 24.5 Å². The van der Waals surface area contributed by atoms with Gasteiger partial charge in [0, 0.05) is 18.6 Å². The van der Waals surface area contributed by atoms with Gasteiger partial charge in [-0.3, -0.25) is 4.79 Å². The summed E-state index contributed by atoms with van der Waals surface area (Å²) in [5.74, 6) is -0.0619. The molecule has 0 aliphatic heterocycles. The summed E-state index contributed by atoms with van der Waals surface area (Å²) in [6.45, 7) is 2.35. The highest BCUT2D eigenvalue weighted by Crippen LogP contribution is 2.33. The predicted molar refractivity (Wildman–Crippen MR) is 67.3 cm³/mol. The van der Waals surface area contributed by atoms with E-state index in [1.54, 1.807) is 4.90 Å². The second-order valence-corrected chi connectivity index (χ2v) is 5.60. The van der Waals surface area contributed by atoms with E-state index in [4.69, 9.17) is 5.11 Å². The smallest absolute Gasteiger partial charge is 0.317 e. The van der Waals surface area contributed by atoms with Crippen molar-refractivity contribution in [3.05, 3.63) is 0 Å². The molecule has 1 unspecified atom stereocenters. The minimum absolute atomic E-state index is 0.0287. The molecule has 0 bridgehead atoms. The molecule has 2 aliphatic rings. The molecule has 2 rings (SSSR count). The number of carboxylic acids is 1. The van der Waals surface area contributed by atoms with E-state index >= 15 is 0 Å². The molecule has 5 heteroatoms. The lowest BCUT2D eigenvalue weighted by Gasteiger charge is -2.24. The van der Waals surface area contributed by atoms with Crippen molar-refractivity contribution in [1.29, 1.82) is 0 Å². The maximum atomic E-state index is 12.1. The molecule has 2 fully saturated rings. The molecule has 1 atom stereocenters. The minimum Gasteiger partial charge on any atom is -0.481 e. The van der Waals surface area contributed by atoms with Crippen molar-refractivity contribution >= 4 is 12.0 Å². The van der Waals surface area contributed by atoms with Gasteiger partial charge in [0.15, 0.2) is 0 Å². The Labute approximate surface area is 108 Å². The van der Waals surface area contributed by atoms with Gasteiger partial charge < -0.3 is 15.3 Å². The van der Waals surface area contributed by atoms with Crippen molar-refractivity contribution in [2.75, 3.05) is 6.54 Å². The lowest BCUT2D eigenvalue weighted by molar-refractivity contribution is -0.137. The summed E-state index contributed by atoms with van der Waals surface area (Å²) in [4.78, 5) is 24.4. The van der Waals surface area contributed by atoms with Crippen LogP contribution in [0.4, 0.5) is 4.79 Å². The monoisotopic (exact) mass is 254 g/mol. The maximum Gasteiger partial charge on any atom is 0.317 e. The van der Waals surface area contributed by atoms with Gasteiger partial charge in [0.2, 0.25) is 0 Å². The highest BCUT2D eigenvalue weighted by Gasteiger charge is 2.33. The zero-order valence-electron chi connectivity index (χ0n) is 10.9. The largest absolute Gasteiger partial charge is 0.481 e. The van der Waals surface area contributed by atoms with Crippen molar-refractivity contribution in [2.45, 2.75) is 57.5 Å². The lowest BCUT2D eigenvalue weighted by atomic mass is 10.2. The van der Waals surface area contributed by atoms with Crippen molar-refractivity contribution in [3.63, 3.8) is 0 Å². The third-order valence-electron chi connectivity index (χ3n) is 3.57. The summed E-state index contributed by atoms with van der Waals surface area (Å²) in [5, 5.41) is 11.7. The van der Waals surface area contributed by atoms with Gasteiger partial charge in [-0.05, 0) is 32.1 Å². The molecule has 0 radical (unpaired) electrons. The van der Waals surface area contributed by atoms with Gasteiger partial charge in [-0.25, -0.2) is 4.79 Å². The van der Waals surface area contributed by atoms with E-state index in [0.717, 1.165) is 25.2 Å². The normalized spacial score (nSPS) is 20.3. The van der Waals surface area contributed by atoms with E-state index in [1.807, 2.05) is 6.92 Å². The van der Waals surface area contributed by atoms with Gasteiger partial charge >= 0.3 is 12.0 Å². The van der Waals surface area contributed by atoms with Crippen molar-refractivity contribution in [3.8, 4) is 0 Å². The summed E-state index contributed by atoms with van der Waals surface area (Å²) in [6.07, 6.45) is 5.65. The van der Waals surface area contributed by atoms with Gasteiger partial charge in [0.05, 0.1) is 6.42 Å². The number of hydrogen-bond acceptors (Lipinski definition) is 2. The Kier molecular flexibility index (Phi) is 4.09. The van der Waals surface area contributed by atoms with Gasteiger partial charge in [0.1, 0.15) is 0 Å². The van der Waals surface area contributed by atoms with Crippen LogP contribution in [0.5, 0.6) is 0 Å². The number of carbonyl (C=O) groups is 2. The molecule has 18 heavy (non-hydrogen) atoms. The van der Waals surface area contributed by atoms with Crippen LogP contribution < -0.4 is 5.32 Å². The third-order valence-corrected chi connectivity index (χ3v) is 3.57. The Morgan fingerprint density at radius 3 is 2.50 bits per heavy atom. The van der Waals surface area contributed by atoms with Crippen molar-refractivity contribution in [1.82, 2.24) is 10.2 Å². The molecular weight excluding hydrogens is 232 g/mol. The SMILES string of the molecule is CC(CC1CC1)NC(=O)N(CCC(=O)O)C1CC1. The molecule has 0 spiro atoms. The number of urea groups is 1. The standard InChI is InChI=1S/C13H22N2O3/c1-9(8-10-2-3-10)14-13(18)15(11-4-5-11)7-6-12(16)17/h9-11H,2-8H2,1H3,(H,14,18)(H,16,17). The highest BCUT2D eigenvalue weighted by molar-refractivity contribution is 5.76. The zero-order chi connectivity index (χ0) is 13.1. The van der Waals surface area contributed by atoms with Crippen LogP contribution >= 0.6 is 0 Å². The molecule has 0 saturated heterocycles. The molecule has 2 saturated carbocycles. The number of hydrogen-bond donors (Lipinski definition) is 2. The Morgan fingerprint density at radius 1 is 1.33 bits per heavy atom. The number of nitrogens with zero attached hydrogens (tertiary/aromatic N) is 1.